The Balaban J connectivity index is 1.77. The van der Waals surface area contributed by atoms with Crippen molar-refractivity contribution >= 4 is 70.5 Å². The molecule has 0 bridgehead atoms. The van der Waals surface area contributed by atoms with Gasteiger partial charge < -0.3 is 5.32 Å². The Morgan fingerprint density at radius 1 is 0.946 bits per heavy atom. The number of amides is 1. The van der Waals surface area contributed by atoms with Gasteiger partial charge in [-0.25, -0.2) is 16.8 Å². The minimum Gasteiger partial charge on any atom is -0.325 e. The molecule has 0 spiro atoms. The number of nitrogens with one attached hydrogen (secondary N) is 2. The third kappa shape index (κ3) is 7.60. The predicted molar refractivity (Wildman–Crippen MR) is 139 cm³/mol. The lowest BCUT2D eigenvalue weighted by Crippen LogP contribution is -2.37. The van der Waals surface area contributed by atoms with Gasteiger partial charge in [0.15, 0.2) is 0 Å². The summed E-state index contributed by atoms with van der Waals surface area (Å²) in [5.41, 5.74) is -1.21. The zero-order valence-corrected chi connectivity index (χ0v) is 22.7. The topological polar surface area (TPSA) is 113 Å². The van der Waals surface area contributed by atoms with Crippen molar-refractivity contribution in [1.82, 2.24) is 0 Å². The third-order valence-corrected chi connectivity index (χ3v) is 8.15. The number of nitrogens with zero attached hydrogens (tertiary/aromatic N) is 1. The van der Waals surface area contributed by atoms with E-state index in [1.54, 1.807) is 24.3 Å². The minimum absolute atomic E-state index is 0.109. The van der Waals surface area contributed by atoms with Gasteiger partial charge in [0.05, 0.1) is 27.4 Å². The van der Waals surface area contributed by atoms with Gasteiger partial charge in [0.25, 0.3) is 10.0 Å². The first kappa shape index (κ1) is 28.8. The Morgan fingerprint density at radius 2 is 1.51 bits per heavy atom. The zero-order valence-electron chi connectivity index (χ0n) is 18.8. The molecule has 15 heteroatoms. The maximum atomic E-state index is 13.1. The van der Waals surface area contributed by atoms with Crippen molar-refractivity contribution in [2.45, 2.75) is 11.1 Å². The van der Waals surface area contributed by atoms with Crippen molar-refractivity contribution in [3.05, 3.63) is 81.8 Å². The summed E-state index contributed by atoms with van der Waals surface area (Å²) in [7, 11) is -8.16. The number of carbonyl (C=O) groups excluding carboxylic acids is 1. The summed E-state index contributed by atoms with van der Waals surface area (Å²) in [6.07, 6.45) is -4.05. The molecule has 198 valence electrons. The molecule has 2 N–H and O–H groups in total. The molecule has 1 amide bonds. The van der Waals surface area contributed by atoms with Crippen molar-refractivity contribution in [2.24, 2.45) is 0 Å². The van der Waals surface area contributed by atoms with Crippen molar-refractivity contribution < 1.29 is 34.8 Å². The van der Waals surface area contributed by atoms with Crippen LogP contribution < -0.4 is 14.3 Å². The van der Waals surface area contributed by atoms with E-state index in [0.29, 0.717) is 22.1 Å². The molecule has 0 unspecified atom stereocenters. The molecule has 3 rings (SSSR count). The highest BCUT2D eigenvalue weighted by Crippen LogP contribution is 2.36. The van der Waals surface area contributed by atoms with E-state index in [0.717, 1.165) is 16.8 Å². The lowest BCUT2D eigenvalue weighted by molar-refractivity contribution is -0.137. The molecule has 8 nitrogen and oxygen atoms in total. The maximum Gasteiger partial charge on any atom is 0.416 e. The van der Waals surface area contributed by atoms with E-state index in [9.17, 15) is 34.8 Å². The Morgan fingerprint density at radius 3 is 2.05 bits per heavy atom. The van der Waals surface area contributed by atoms with Crippen LogP contribution in [0.4, 0.5) is 30.2 Å². The van der Waals surface area contributed by atoms with Gasteiger partial charge in [-0.3, -0.25) is 13.8 Å². The normalized spacial score (nSPS) is 12.2. The standard InChI is InChI=1S/C22H18BrClF3N3O5S2/c1-36(32,33)30(20-12-14(22(25,26)27)2-11-19(20)24)13-21(31)28-16-7-9-18(10-8-16)37(34,35)29-17-5-3-15(23)4-6-17/h2-12,29H,13H2,1H3,(H,28,31). The molecule has 0 radical (unpaired) electrons. The molecule has 0 aliphatic heterocycles. The van der Waals surface area contributed by atoms with Crippen LogP contribution in [0.3, 0.4) is 0 Å². The largest absolute Gasteiger partial charge is 0.416 e. The Hall–Kier alpha value is -2.81. The van der Waals surface area contributed by atoms with E-state index in [4.69, 9.17) is 11.6 Å². The third-order valence-electron chi connectivity index (χ3n) is 4.77. The van der Waals surface area contributed by atoms with Crippen LogP contribution in [0.5, 0.6) is 0 Å². The molecule has 0 atom stereocenters. The van der Waals surface area contributed by atoms with Gasteiger partial charge in [-0.1, -0.05) is 27.5 Å². The van der Waals surface area contributed by atoms with E-state index in [2.05, 4.69) is 26.0 Å². The summed E-state index contributed by atoms with van der Waals surface area (Å²) in [5.74, 6) is -0.900. The van der Waals surface area contributed by atoms with Crippen molar-refractivity contribution in [3.63, 3.8) is 0 Å². The fourth-order valence-corrected chi connectivity index (χ4v) is 5.49. The van der Waals surface area contributed by atoms with Crippen LogP contribution in [-0.4, -0.2) is 35.5 Å². The van der Waals surface area contributed by atoms with E-state index >= 15 is 0 Å². The molecule has 3 aromatic rings. The lowest BCUT2D eigenvalue weighted by Gasteiger charge is -2.24. The quantitative estimate of drug-likeness (QED) is 0.346. The molecule has 37 heavy (non-hydrogen) atoms. The monoisotopic (exact) mass is 639 g/mol. The first-order valence-corrected chi connectivity index (χ1v) is 14.6. The highest BCUT2D eigenvalue weighted by atomic mass is 79.9. The van der Waals surface area contributed by atoms with Crippen LogP contribution in [0.2, 0.25) is 5.02 Å². The summed E-state index contributed by atoms with van der Waals surface area (Å²) >= 11 is 9.20. The molecular formula is C22H18BrClF3N3O5S2. The molecule has 0 heterocycles. The number of carbonyl (C=O) groups is 1. The second kappa shape index (κ2) is 10.9. The molecule has 0 aromatic heterocycles. The lowest BCUT2D eigenvalue weighted by atomic mass is 10.2. The number of rotatable bonds is 8. The first-order valence-electron chi connectivity index (χ1n) is 10.1. The molecule has 0 fully saturated rings. The smallest absolute Gasteiger partial charge is 0.325 e. The van der Waals surface area contributed by atoms with Crippen LogP contribution in [0, 0.1) is 0 Å². The molecular weight excluding hydrogens is 623 g/mol. The van der Waals surface area contributed by atoms with Gasteiger partial charge >= 0.3 is 6.18 Å². The maximum absolute atomic E-state index is 13.1. The molecule has 0 saturated carbocycles. The highest BCUT2D eigenvalue weighted by Gasteiger charge is 2.33. The van der Waals surface area contributed by atoms with E-state index in [1.165, 1.54) is 24.3 Å². The fraction of sp³-hybridized carbons (Fsp3) is 0.136. The molecule has 3 aromatic carbocycles. The van der Waals surface area contributed by atoms with E-state index in [-0.39, 0.29) is 15.6 Å². The zero-order chi connectivity index (χ0) is 27.6. The van der Waals surface area contributed by atoms with Gasteiger partial charge in [-0.2, -0.15) is 13.2 Å². The Bertz CT molecular complexity index is 1520. The van der Waals surface area contributed by atoms with Gasteiger partial charge in [-0.05, 0) is 66.7 Å². The van der Waals surface area contributed by atoms with Gasteiger partial charge in [0.2, 0.25) is 15.9 Å². The van der Waals surface area contributed by atoms with E-state index in [1.807, 2.05) is 0 Å². The number of sulfonamides is 2. The van der Waals surface area contributed by atoms with Crippen molar-refractivity contribution in [3.8, 4) is 0 Å². The van der Waals surface area contributed by atoms with Crippen molar-refractivity contribution in [1.29, 1.82) is 0 Å². The summed E-state index contributed by atoms with van der Waals surface area (Å²) in [4.78, 5) is 12.5. The highest BCUT2D eigenvalue weighted by molar-refractivity contribution is 9.10. The average Bonchev–Trinajstić information content (AvgIpc) is 2.78. The van der Waals surface area contributed by atoms with Crippen LogP contribution in [-0.2, 0) is 31.0 Å². The van der Waals surface area contributed by atoms with E-state index < -0.39 is 49.9 Å². The van der Waals surface area contributed by atoms with Gasteiger partial charge in [0.1, 0.15) is 6.54 Å². The molecule has 0 saturated heterocycles. The summed E-state index contributed by atoms with van der Waals surface area (Å²) < 4.78 is 92.7. The first-order chi connectivity index (χ1) is 17.1. The number of anilines is 3. The minimum atomic E-state index is -4.76. The summed E-state index contributed by atoms with van der Waals surface area (Å²) in [6.45, 7) is -0.884. The number of hydrogen-bond acceptors (Lipinski definition) is 5. The summed E-state index contributed by atoms with van der Waals surface area (Å²) in [6, 6.07) is 13.5. The van der Waals surface area contributed by atoms with Gasteiger partial charge in [-0.15, -0.1) is 0 Å². The van der Waals surface area contributed by atoms with Crippen molar-refractivity contribution in [2.75, 3.05) is 27.1 Å². The van der Waals surface area contributed by atoms with Crippen LogP contribution in [0.15, 0.2) is 76.1 Å². The Labute approximate surface area is 224 Å². The van der Waals surface area contributed by atoms with Crippen LogP contribution >= 0.6 is 27.5 Å². The second-order valence-electron chi connectivity index (χ2n) is 7.62. The second-order valence-corrected chi connectivity index (χ2v) is 12.5. The number of benzene rings is 3. The number of alkyl halides is 3. The average molecular weight is 641 g/mol. The predicted octanol–water partition coefficient (Wildman–Crippen LogP) is 5.33. The van der Waals surface area contributed by atoms with Crippen LogP contribution in [0.1, 0.15) is 5.56 Å². The fourth-order valence-electron chi connectivity index (χ4n) is 3.04. The van der Waals surface area contributed by atoms with Gasteiger partial charge in [0, 0.05) is 15.8 Å². The number of hydrogen-bond donors (Lipinski definition) is 2. The molecule has 0 aliphatic rings. The number of halogens is 5. The SMILES string of the molecule is CS(=O)(=O)N(CC(=O)Nc1ccc(S(=O)(=O)Nc2ccc(Br)cc2)cc1)c1cc(C(F)(F)F)ccc1Cl. The Kier molecular flexibility index (Phi) is 8.47. The summed E-state index contributed by atoms with van der Waals surface area (Å²) in [5, 5.41) is 2.08. The molecule has 0 aliphatic carbocycles. The van der Waals surface area contributed by atoms with Crippen LogP contribution in [0.25, 0.3) is 0 Å².